The largest absolute Gasteiger partial charge is 0.500 e. The molecule has 5 aromatic carbocycles. The summed E-state index contributed by atoms with van der Waals surface area (Å²) in [5, 5.41) is 2.14. The predicted molar refractivity (Wildman–Crippen MR) is 208 cm³/mol. The van der Waals surface area contributed by atoms with Crippen molar-refractivity contribution in [3.8, 4) is 44.9 Å². The molecule has 261 valence electrons. The third-order valence-corrected chi connectivity index (χ3v) is 8.91. The van der Waals surface area contributed by atoms with Crippen LogP contribution in [0.5, 0.6) is 0 Å². The van der Waals surface area contributed by atoms with E-state index in [0.29, 0.717) is 0 Å². The number of aromatic nitrogens is 4. The first-order valence-corrected chi connectivity index (χ1v) is 17.2. The zero-order chi connectivity index (χ0) is 35.6. The first-order valence-electron chi connectivity index (χ1n) is 17.2. The molecule has 0 saturated heterocycles. The molecule has 0 aliphatic rings. The van der Waals surface area contributed by atoms with E-state index in [4.69, 9.17) is 9.40 Å². The van der Waals surface area contributed by atoms with E-state index in [9.17, 15) is 0 Å². The summed E-state index contributed by atoms with van der Waals surface area (Å²) in [7, 11) is 0. The van der Waals surface area contributed by atoms with Crippen molar-refractivity contribution in [1.82, 2.24) is 19.9 Å². The molecule has 0 atom stereocenters. The monoisotopic (exact) mass is 857 g/mol. The fourth-order valence-electron chi connectivity index (χ4n) is 5.89. The molecule has 3 heterocycles. The Morgan fingerprint density at radius 2 is 1.19 bits per heavy atom. The van der Waals surface area contributed by atoms with Gasteiger partial charge in [-0.2, -0.15) is 0 Å². The van der Waals surface area contributed by atoms with Crippen molar-refractivity contribution in [2.75, 3.05) is 0 Å². The molecular weight excluding hydrogens is 817 g/mol. The van der Waals surface area contributed by atoms with E-state index in [1.165, 1.54) is 11.1 Å². The molecule has 6 heteroatoms. The van der Waals surface area contributed by atoms with Gasteiger partial charge < -0.3 is 9.40 Å². The number of nitrogens with zero attached hydrogens (tertiary/aromatic N) is 4. The Hall–Kier alpha value is -5.29. The Balaban J connectivity index is 0.000000230. The average molecular weight is 857 g/mol. The molecule has 0 spiro atoms. The van der Waals surface area contributed by atoms with Crippen molar-refractivity contribution >= 4 is 21.9 Å². The van der Waals surface area contributed by atoms with Crippen molar-refractivity contribution in [1.29, 1.82) is 0 Å². The van der Waals surface area contributed by atoms with Crippen LogP contribution in [0.3, 0.4) is 0 Å². The molecule has 1 radical (unpaired) electrons. The van der Waals surface area contributed by atoms with Crippen molar-refractivity contribution < 1.29 is 24.5 Å². The SMILES string of the molecule is CC(C)(C)c1cnc(-c2[c-]ccc3c2oc2c(-c4ccc(-c5ccccc5)cc4)cccc23)cn1.CC(C)(C)c1cnc(-c2[c-]cccc2)nc1.[Ir]. The van der Waals surface area contributed by atoms with Gasteiger partial charge >= 0.3 is 0 Å². The molecule has 0 aliphatic carbocycles. The van der Waals surface area contributed by atoms with E-state index >= 15 is 0 Å². The Morgan fingerprint density at radius 3 is 1.83 bits per heavy atom. The predicted octanol–water partition coefficient (Wildman–Crippen LogP) is 11.7. The summed E-state index contributed by atoms with van der Waals surface area (Å²) < 4.78 is 6.54. The molecule has 8 aromatic rings. The maximum Gasteiger partial charge on any atom is 0.128 e. The minimum absolute atomic E-state index is 0. The van der Waals surface area contributed by atoms with E-state index in [2.05, 4.69) is 141 Å². The smallest absolute Gasteiger partial charge is 0.128 e. The first-order chi connectivity index (χ1) is 24.6. The Labute approximate surface area is 319 Å². The van der Waals surface area contributed by atoms with Crippen LogP contribution in [0.4, 0.5) is 0 Å². The van der Waals surface area contributed by atoms with Gasteiger partial charge in [0.05, 0.1) is 17.1 Å². The van der Waals surface area contributed by atoms with Crippen molar-refractivity contribution in [3.63, 3.8) is 0 Å². The maximum atomic E-state index is 6.54. The van der Waals surface area contributed by atoms with Crippen LogP contribution in [0, 0.1) is 12.1 Å². The molecule has 0 fully saturated rings. The zero-order valence-electron chi connectivity index (χ0n) is 30.2. The van der Waals surface area contributed by atoms with Gasteiger partial charge in [-0.15, -0.1) is 54.1 Å². The Morgan fingerprint density at radius 1 is 0.519 bits per heavy atom. The van der Waals surface area contributed by atoms with Gasteiger partial charge in [0.2, 0.25) is 0 Å². The van der Waals surface area contributed by atoms with E-state index < -0.39 is 0 Å². The van der Waals surface area contributed by atoms with E-state index in [0.717, 1.165) is 67.0 Å². The van der Waals surface area contributed by atoms with Crippen LogP contribution in [0.1, 0.15) is 52.8 Å². The van der Waals surface area contributed by atoms with Crippen LogP contribution >= 0.6 is 0 Å². The molecule has 0 aliphatic heterocycles. The topological polar surface area (TPSA) is 64.7 Å². The van der Waals surface area contributed by atoms with Crippen LogP contribution in [0.25, 0.3) is 66.8 Å². The van der Waals surface area contributed by atoms with Gasteiger partial charge in [0.15, 0.2) is 0 Å². The van der Waals surface area contributed by atoms with Gasteiger partial charge in [-0.25, -0.2) is 0 Å². The molecule has 52 heavy (non-hydrogen) atoms. The standard InChI is InChI=1S/C32H25N2O.C14H15N2.Ir/c1-32(2,3)29-20-33-28(19-34-29)27-14-8-13-26-25-12-7-11-24(30(25)35-31(26)27)23-17-15-22(16-18-23)21-9-5-4-6-10-21;1-14(2,3)12-9-15-13(16-10-12)11-7-5-4-6-8-11;/h4-13,15-20H,1-3H3;4-7,9-10H,1-3H3;/q2*-1;. The summed E-state index contributed by atoms with van der Waals surface area (Å²) in [5.41, 5.74) is 10.9. The van der Waals surface area contributed by atoms with Crippen LogP contribution < -0.4 is 0 Å². The molecule has 3 aromatic heterocycles. The van der Waals surface area contributed by atoms with Gasteiger partial charge in [0.25, 0.3) is 0 Å². The Bertz CT molecular complexity index is 2390. The molecule has 0 amide bonds. The molecule has 0 bridgehead atoms. The van der Waals surface area contributed by atoms with Gasteiger partial charge in [-0.05, 0) is 27.7 Å². The number of hydrogen-bond donors (Lipinski definition) is 0. The number of benzene rings is 5. The third-order valence-electron chi connectivity index (χ3n) is 8.91. The van der Waals surface area contributed by atoms with E-state index in [1.807, 2.05) is 61.2 Å². The summed E-state index contributed by atoms with van der Waals surface area (Å²) in [5.74, 6) is 0.730. The quantitative estimate of drug-likeness (QED) is 0.165. The second-order valence-electron chi connectivity index (χ2n) is 14.7. The first kappa shape index (κ1) is 36.5. The molecule has 0 saturated carbocycles. The number of hydrogen-bond acceptors (Lipinski definition) is 5. The van der Waals surface area contributed by atoms with Gasteiger partial charge in [-0.1, -0.05) is 125 Å². The van der Waals surface area contributed by atoms with E-state index in [-0.39, 0.29) is 30.9 Å². The fraction of sp³-hybridized carbons (Fsp3) is 0.174. The zero-order valence-corrected chi connectivity index (χ0v) is 32.6. The van der Waals surface area contributed by atoms with Crippen molar-refractivity contribution in [3.05, 3.63) is 157 Å². The average Bonchev–Trinajstić information content (AvgIpc) is 3.55. The minimum Gasteiger partial charge on any atom is -0.500 e. The molecule has 0 unspecified atom stereocenters. The normalized spacial score (nSPS) is 11.5. The van der Waals surface area contributed by atoms with Crippen LogP contribution in [0.2, 0.25) is 0 Å². The summed E-state index contributed by atoms with van der Waals surface area (Å²) in [4.78, 5) is 18.1. The Kier molecular flexibility index (Phi) is 10.6. The van der Waals surface area contributed by atoms with Gasteiger partial charge in [0.1, 0.15) is 5.58 Å². The van der Waals surface area contributed by atoms with Crippen molar-refractivity contribution in [2.45, 2.75) is 52.4 Å². The number of fused-ring (bicyclic) bond motifs is 3. The van der Waals surface area contributed by atoms with Crippen LogP contribution in [-0.4, -0.2) is 19.9 Å². The maximum absolute atomic E-state index is 6.54. The summed E-state index contributed by atoms with van der Waals surface area (Å²) >= 11 is 0. The second-order valence-corrected chi connectivity index (χ2v) is 14.7. The number of rotatable bonds is 4. The summed E-state index contributed by atoms with van der Waals surface area (Å²) in [6.45, 7) is 12.9. The fourth-order valence-corrected chi connectivity index (χ4v) is 5.89. The van der Waals surface area contributed by atoms with Crippen molar-refractivity contribution in [2.24, 2.45) is 0 Å². The third kappa shape index (κ3) is 7.79. The number of furan rings is 1. The number of para-hydroxylation sites is 1. The molecular formula is C46H40IrN4O-2. The molecule has 5 nitrogen and oxygen atoms in total. The van der Waals surface area contributed by atoms with Gasteiger partial charge in [0, 0.05) is 67.0 Å². The summed E-state index contributed by atoms with van der Waals surface area (Å²) in [6, 6.07) is 43.6. The molecule has 8 rings (SSSR count). The summed E-state index contributed by atoms with van der Waals surface area (Å²) in [6.07, 6.45) is 7.46. The molecule has 0 N–H and O–H groups in total. The van der Waals surface area contributed by atoms with Gasteiger partial charge in [-0.3, -0.25) is 15.0 Å². The van der Waals surface area contributed by atoms with E-state index in [1.54, 1.807) is 0 Å². The minimum atomic E-state index is -0.0500. The van der Waals surface area contributed by atoms with Crippen LogP contribution in [0.15, 0.2) is 138 Å². The van der Waals surface area contributed by atoms with Crippen LogP contribution in [-0.2, 0) is 30.9 Å². The second kappa shape index (κ2) is 15.1.